The van der Waals surface area contributed by atoms with Gasteiger partial charge in [-0.15, -0.1) is 0 Å². The largest absolute Gasteiger partial charge is 0.480 e. The molecule has 1 unspecified atom stereocenters. The van der Waals surface area contributed by atoms with Crippen LogP contribution in [0.2, 0.25) is 0 Å². The van der Waals surface area contributed by atoms with Gasteiger partial charge in [0, 0.05) is 12.4 Å². The van der Waals surface area contributed by atoms with Crippen molar-refractivity contribution in [2.24, 2.45) is 12.5 Å². The maximum absolute atomic E-state index is 12.4. The van der Waals surface area contributed by atoms with Gasteiger partial charge in [-0.05, 0) is 11.5 Å². The zero-order chi connectivity index (χ0) is 15.8. The number of para-hydroxylation sites is 1. The van der Waals surface area contributed by atoms with Gasteiger partial charge in [0.2, 0.25) is 0 Å². The molecule has 0 fully saturated rings. The predicted octanol–water partition coefficient (Wildman–Crippen LogP) is 1.80. The summed E-state index contributed by atoms with van der Waals surface area (Å²) in [5.74, 6) is -1.54. The first-order valence-corrected chi connectivity index (χ1v) is 6.67. The van der Waals surface area contributed by atoms with Crippen molar-refractivity contribution < 1.29 is 14.7 Å². The first-order valence-electron chi connectivity index (χ1n) is 6.67. The van der Waals surface area contributed by atoms with E-state index in [0.29, 0.717) is 5.39 Å². The summed E-state index contributed by atoms with van der Waals surface area (Å²) in [5.41, 5.74) is 0.473. The van der Waals surface area contributed by atoms with Gasteiger partial charge in [0.05, 0.1) is 5.52 Å². The highest BCUT2D eigenvalue weighted by Crippen LogP contribution is 2.21. The van der Waals surface area contributed by atoms with E-state index in [4.69, 9.17) is 0 Å². The Labute approximate surface area is 122 Å². The standard InChI is InChI=1S/C15H19N3O3/c1-15(2,3)12(14(20)21)16-13(19)11-9-7-5-6-8-10(9)18(4)17-11/h5-8,12H,1-4H3,(H,16,19)(H,20,21). The third-order valence-corrected chi connectivity index (χ3v) is 3.36. The minimum absolute atomic E-state index is 0.239. The van der Waals surface area contributed by atoms with Gasteiger partial charge in [-0.25, -0.2) is 4.79 Å². The molecule has 0 spiro atoms. The molecule has 21 heavy (non-hydrogen) atoms. The molecule has 1 amide bonds. The van der Waals surface area contributed by atoms with Gasteiger partial charge in [-0.2, -0.15) is 5.10 Å². The lowest BCUT2D eigenvalue weighted by Crippen LogP contribution is -2.49. The number of amides is 1. The van der Waals surface area contributed by atoms with E-state index in [1.54, 1.807) is 38.6 Å². The number of aryl methyl sites for hydroxylation is 1. The van der Waals surface area contributed by atoms with Gasteiger partial charge in [0.25, 0.3) is 5.91 Å². The molecule has 1 aromatic heterocycles. The maximum atomic E-state index is 12.4. The van der Waals surface area contributed by atoms with Crippen LogP contribution in [0, 0.1) is 5.41 Å². The summed E-state index contributed by atoms with van der Waals surface area (Å²) in [7, 11) is 1.75. The Kier molecular flexibility index (Phi) is 3.72. The number of rotatable bonds is 3. The summed E-state index contributed by atoms with van der Waals surface area (Å²) >= 11 is 0. The van der Waals surface area contributed by atoms with Gasteiger partial charge in [0.15, 0.2) is 5.69 Å². The third-order valence-electron chi connectivity index (χ3n) is 3.36. The van der Waals surface area contributed by atoms with E-state index in [9.17, 15) is 14.7 Å². The van der Waals surface area contributed by atoms with E-state index < -0.39 is 23.3 Å². The summed E-state index contributed by atoms with van der Waals surface area (Å²) in [6.07, 6.45) is 0. The Morgan fingerprint density at radius 2 is 1.90 bits per heavy atom. The smallest absolute Gasteiger partial charge is 0.326 e. The normalized spacial score (nSPS) is 13.1. The lowest BCUT2D eigenvalue weighted by molar-refractivity contribution is -0.142. The Hall–Kier alpha value is -2.37. The van der Waals surface area contributed by atoms with Crippen molar-refractivity contribution in [1.82, 2.24) is 15.1 Å². The van der Waals surface area contributed by atoms with Crippen LogP contribution in [0.1, 0.15) is 31.3 Å². The van der Waals surface area contributed by atoms with Crippen molar-refractivity contribution >= 4 is 22.8 Å². The van der Waals surface area contributed by atoms with Crippen molar-refractivity contribution in [3.05, 3.63) is 30.0 Å². The van der Waals surface area contributed by atoms with Crippen LogP contribution in [0.25, 0.3) is 10.9 Å². The van der Waals surface area contributed by atoms with Crippen molar-refractivity contribution in [1.29, 1.82) is 0 Å². The van der Waals surface area contributed by atoms with Crippen LogP contribution in [0.5, 0.6) is 0 Å². The Balaban J connectivity index is 2.37. The molecule has 0 bridgehead atoms. The third kappa shape index (κ3) is 2.89. The fourth-order valence-corrected chi connectivity index (χ4v) is 2.23. The van der Waals surface area contributed by atoms with E-state index in [0.717, 1.165) is 5.52 Å². The van der Waals surface area contributed by atoms with Gasteiger partial charge >= 0.3 is 5.97 Å². The molecule has 1 aromatic carbocycles. The van der Waals surface area contributed by atoms with Crippen LogP contribution >= 0.6 is 0 Å². The second-order valence-electron chi connectivity index (χ2n) is 6.10. The summed E-state index contributed by atoms with van der Waals surface area (Å²) in [4.78, 5) is 23.7. The van der Waals surface area contributed by atoms with E-state index in [1.165, 1.54) is 0 Å². The molecular weight excluding hydrogens is 270 g/mol. The second-order valence-corrected chi connectivity index (χ2v) is 6.10. The zero-order valence-corrected chi connectivity index (χ0v) is 12.5. The monoisotopic (exact) mass is 289 g/mol. The molecule has 2 N–H and O–H groups in total. The number of carboxylic acid groups (broad SMARTS) is 1. The van der Waals surface area contributed by atoms with Crippen LogP contribution < -0.4 is 5.32 Å². The molecule has 0 aliphatic carbocycles. The fraction of sp³-hybridized carbons (Fsp3) is 0.400. The second kappa shape index (κ2) is 5.20. The number of aromatic nitrogens is 2. The summed E-state index contributed by atoms with van der Waals surface area (Å²) in [5, 5.41) is 16.7. The SMILES string of the molecule is Cn1nc(C(=O)NC(C(=O)O)C(C)(C)C)c2ccccc21. The number of aliphatic carboxylic acids is 1. The molecule has 1 heterocycles. The highest BCUT2D eigenvalue weighted by Gasteiger charge is 2.33. The lowest BCUT2D eigenvalue weighted by Gasteiger charge is -2.27. The Morgan fingerprint density at radius 3 is 2.48 bits per heavy atom. The number of nitrogens with zero attached hydrogens (tertiary/aromatic N) is 2. The van der Waals surface area contributed by atoms with E-state index in [1.807, 2.05) is 18.2 Å². The first kappa shape index (κ1) is 15.0. The van der Waals surface area contributed by atoms with E-state index >= 15 is 0 Å². The highest BCUT2D eigenvalue weighted by molar-refractivity contribution is 6.05. The molecule has 0 saturated carbocycles. The highest BCUT2D eigenvalue weighted by atomic mass is 16.4. The average Bonchev–Trinajstić information content (AvgIpc) is 2.72. The zero-order valence-electron chi connectivity index (χ0n) is 12.5. The average molecular weight is 289 g/mol. The van der Waals surface area contributed by atoms with Crippen LogP contribution in [-0.4, -0.2) is 32.8 Å². The van der Waals surface area contributed by atoms with Gasteiger partial charge in [-0.1, -0.05) is 39.0 Å². The first-order chi connectivity index (χ1) is 9.71. The van der Waals surface area contributed by atoms with Crippen LogP contribution in [0.15, 0.2) is 24.3 Å². The molecule has 2 aromatic rings. The predicted molar refractivity (Wildman–Crippen MR) is 79.1 cm³/mol. The molecule has 6 heteroatoms. The number of hydrogen-bond acceptors (Lipinski definition) is 3. The minimum atomic E-state index is -1.06. The molecule has 112 valence electrons. The molecule has 0 saturated heterocycles. The maximum Gasteiger partial charge on any atom is 0.326 e. The number of carbonyl (C=O) groups is 2. The molecular formula is C15H19N3O3. The van der Waals surface area contributed by atoms with Crippen LogP contribution in [-0.2, 0) is 11.8 Å². The molecule has 0 aliphatic heterocycles. The van der Waals surface area contributed by atoms with Crippen LogP contribution in [0.3, 0.4) is 0 Å². The van der Waals surface area contributed by atoms with Crippen molar-refractivity contribution in [3.63, 3.8) is 0 Å². The number of benzene rings is 1. The van der Waals surface area contributed by atoms with E-state index in [-0.39, 0.29) is 5.69 Å². The Bertz CT molecular complexity index is 698. The van der Waals surface area contributed by atoms with Crippen molar-refractivity contribution in [3.8, 4) is 0 Å². The van der Waals surface area contributed by atoms with Gasteiger partial charge < -0.3 is 10.4 Å². The van der Waals surface area contributed by atoms with Crippen molar-refractivity contribution in [2.75, 3.05) is 0 Å². The van der Waals surface area contributed by atoms with E-state index in [2.05, 4.69) is 10.4 Å². The number of carboxylic acids is 1. The summed E-state index contributed by atoms with van der Waals surface area (Å²) in [6.45, 7) is 5.30. The Morgan fingerprint density at radius 1 is 1.29 bits per heavy atom. The lowest BCUT2D eigenvalue weighted by atomic mass is 9.86. The summed E-state index contributed by atoms with van der Waals surface area (Å²) < 4.78 is 1.61. The quantitative estimate of drug-likeness (QED) is 0.902. The van der Waals surface area contributed by atoms with Crippen LogP contribution in [0.4, 0.5) is 0 Å². The fourth-order valence-electron chi connectivity index (χ4n) is 2.23. The molecule has 6 nitrogen and oxygen atoms in total. The van der Waals surface area contributed by atoms with Gasteiger partial charge in [0.1, 0.15) is 6.04 Å². The number of hydrogen-bond donors (Lipinski definition) is 2. The number of nitrogens with one attached hydrogen (secondary N) is 1. The number of fused-ring (bicyclic) bond motifs is 1. The van der Waals surface area contributed by atoms with Crippen molar-refractivity contribution in [2.45, 2.75) is 26.8 Å². The summed E-state index contributed by atoms with van der Waals surface area (Å²) in [6, 6.07) is 6.35. The molecule has 0 aliphatic rings. The minimum Gasteiger partial charge on any atom is -0.480 e. The van der Waals surface area contributed by atoms with Gasteiger partial charge in [-0.3, -0.25) is 9.48 Å². The topological polar surface area (TPSA) is 84.2 Å². The number of carbonyl (C=O) groups excluding carboxylic acids is 1. The molecule has 2 rings (SSSR count). The molecule has 1 atom stereocenters. The molecule has 0 radical (unpaired) electrons.